The van der Waals surface area contributed by atoms with Gasteiger partial charge >= 0.3 is 5.51 Å². The number of likely N-dealkylation sites (tertiary alicyclic amines) is 1. The summed E-state index contributed by atoms with van der Waals surface area (Å²) >= 11 is -0.240. The molecule has 0 aromatic heterocycles. The lowest BCUT2D eigenvalue weighted by molar-refractivity contribution is -0.128. The highest BCUT2D eigenvalue weighted by Gasteiger charge is 2.33. The number of hydrogen-bond donors (Lipinski definition) is 1. The largest absolute Gasteiger partial charge is 0.442 e. The van der Waals surface area contributed by atoms with Crippen molar-refractivity contribution < 1.29 is 18.0 Å². The van der Waals surface area contributed by atoms with Crippen LogP contribution in [0, 0.1) is 11.8 Å². The van der Waals surface area contributed by atoms with Gasteiger partial charge in [-0.15, -0.1) is 0 Å². The topological polar surface area (TPSA) is 32.3 Å². The SMILES string of the molecule is O=C(CSC(F)(F)F)N1CC[C@@H]2CNC[C@@H]2CC1. The van der Waals surface area contributed by atoms with E-state index in [-0.39, 0.29) is 17.7 Å². The minimum atomic E-state index is -4.32. The van der Waals surface area contributed by atoms with E-state index in [4.69, 9.17) is 0 Å². The summed E-state index contributed by atoms with van der Waals surface area (Å²) in [7, 11) is 0. The Balaban J connectivity index is 1.81. The fourth-order valence-electron chi connectivity index (χ4n) is 2.70. The summed E-state index contributed by atoms with van der Waals surface area (Å²) in [6.07, 6.45) is 1.81. The van der Waals surface area contributed by atoms with Crippen LogP contribution in [0.15, 0.2) is 0 Å². The third-order valence-corrected chi connectivity index (χ3v) is 4.45. The second-order valence-electron chi connectivity index (χ2n) is 4.87. The molecule has 18 heavy (non-hydrogen) atoms. The van der Waals surface area contributed by atoms with E-state index in [1.54, 1.807) is 4.90 Å². The van der Waals surface area contributed by atoms with E-state index in [9.17, 15) is 18.0 Å². The first-order chi connectivity index (χ1) is 8.46. The van der Waals surface area contributed by atoms with E-state index in [2.05, 4.69) is 5.32 Å². The molecule has 104 valence electrons. The molecule has 2 fully saturated rings. The molecule has 0 aliphatic carbocycles. The van der Waals surface area contributed by atoms with Gasteiger partial charge in [0.2, 0.25) is 5.91 Å². The molecule has 0 bridgehead atoms. The Hall–Kier alpha value is -0.430. The number of thioether (sulfide) groups is 1. The number of nitrogens with zero attached hydrogens (tertiary/aromatic N) is 1. The van der Waals surface area contributed by atoms with Gasteiger partial charge in [-0.1, -0.05) is 0 Å². The van der Waals surface area contributed by atoms with Gasteiger partial charge in [0, 0.05) is 13.1 Å². The Labute approximate surface area is 108 Å². The van der Waals surface area contributed by atoms with E-state index >= 15 is 0 Å². The molecule has 1 N–H and O–H groups in total. The zero-order valence-corrected chi connectivity index (χ0v) is 10.8. The third-order valence-electron chi connectivity index (χ3n) is 3.73. The van der Waals surface area contributed by atoms with Crippen LogP contribution < -0.4 is 5.32 Å². The molecular weight excluding hydrogens is 265 g/mol. The lowest BCUT2D eigenvalue weighted by Crippen LogP contribution is -2.34. The summed E-state index contributed by atoms with van der Waals surface area (Å²) in [5.74, 6) is 0.290. The van der Waals surface area contributed by atoms with Crippen molar-refractivity contribution in [2.24, 2.45) is 11.8 Å². The average Bonchev–Trinajstić information content (AvgIpc) is 2.64. The van der Waals surface area contributed by atoms with Gasteiger partial charge in [0.1, 0.15) is 0 Å². The summed E-state index contributed by atoms with van der Waals surface area (Å²) in [5, 5.41) is 3.32. The Morgan fingerprint density at radius 3 is 2.28 bits per heavy atom. The Kier molecular flexibility index (Phi) is 4.42. The number of alkyl halides is 3. The second-order valence-corrected chi connectivity index (χ2v) is 5.91. The second kappa shape index (κ2) is 5.69. The molecule has 2 heterocycles. The van der Waals surface area contributed by atoms with Crippen molar-refractivity contribution in [3.8, 4) is 0 Å². The standard InChI is InChI=1S/C11H17F3N2OS/c12-11(13,14)18-7-10(17)16-3-1-8-5-15-6-9(8)2-4-16/h8-9,15H,1-7H2/t8-,9+. The first-order valence-electron chi connectivity index (χ1n) is 6.15. The fraction of sp³-hybridized carbons (Fsp3) is 0.909. The first-order valence-corrected chi connectivity index (χ1v) is 7.13. The van der Waals surface area contributed by atoms with Gasteiger partial charge in [-0.3, -0.25) is 4.79 Å². The summed E-state index contributed by atoms with van der Waals surface area (Å²) in [6.45, 7) is 3.15. The van der Waals surface area contributed by atoms with Crippen molar-refractivity contribution in [2.75, 3.05) is 31.9 Å². The normalized spacial score (nSPS) is 28.9. The summed E-state index contributed by atoms with van der Waals surface area (Å²) in [5.41, 5.74) is -4.32. The quantitative estimate of drug-likeness (QED) is 0.836. The zero-order chi connectivity index (χ0) is 13.2. The van der Waals surface area contributed by atoms with Gasteiger partial charge in [0.05, 0.1) is 5.75 Å². The summed E-state index contributed by atoms with van der Waals surface area (Å²) < 4.78 is 36.1. The van der Waals surface area contributed by atoms with Gasteiger partial charge in [-0.25, -0.2) is 0 Å². The average molecular weight is 282 g/mol. The Morgan fingerprint density at radius 2 is 1.78 bits per heavy atom. The maximum atomic E-state index is 12.0. The molecule has 2 atom stereocenters. The highest BCUT2D eigenvalue weighted by atomic mass is 32.2. The van der Waals surface area contributed by atoms with E-state index in [0.29, 0.717) is 24.9 Å². The molecule has 0 saturated carbocycles. The molecule has 7 heteroatoms. The van der Waals surface area contributed by atoms with E-state index in [1.807, 2.05) is 0 Å². The number of carbonyl (C=O) groups excluding carboxylic acids is 1. The molecule has 0 aromatic rings. The molecule has 0 aromatic carbocycles. The molecule has 0 unspecified atom stereocenters. The minimum absolute atomic E-state index is 0.240. The number of amides is 1. The van der Waals surface area contributed by atoms with Crippen LogP contribution in [0.5, 0.6) is 0 Å². The summed E-state index contributed by atoms with van der Waals surface area (Å²) in [4.78, 5) is 13.3. The number of fused-ring (bicyclic) bond motifs is 1. The van der Waals surface area contributed by atoms with Crippen LogP contribution in [-0.2, 0) is 4.79 Å². The van der Waals surface area contributed by atoms with Crippen LogP contribution in [-0.4, -0.2) is 48.2 Å². The van der Waals surface area contributed by atoms with Gasteiger partial charge in [0.15, 0.2) is 0 Å². The molecular formula is C11H17F3N2OS. The van der Waals surface area contributed by atoms with E-state index < -0.39 is 11.3 Å². The highest BCUT2D eigenvalue weighted by Crippen LogP contribution is 2.31. The Bertz CT molecular complexity index is 297. The molecule has 0 radical (unpaired) electrons. The van der Waals surface area contributed by atoms with Gasteiger partial charge < -0.3 is 10.2 Å². The third kappa shape index (κ3) is 3.78. The molecule has 2 aliphatic rings. The molecule has 0 spiro atoms. The fourth-order valence-corrected chi connectivity index (χ4v) is 3.17. The molecule has 2 aliphatic heterocycles. The van der Waals surface area contributed by atoms with Crippen molar-refractivity contribution in [2.45, 2.75) is 18.3 Å². The van der Waals surface area contributed by atoms with Gasteiger partial charge in [-0.2, -0.15) is 13.2 Å². The van der Waals surface area contributed by atoms with Crippen LogP contribution in [0.1, 0.15) is 12.8 Å². The highest BCUT2D eigenvalue weighted by molar-refractivity contribution is 8.00. The van der Waals surface area contributed by atoms with Crippen molar-refractivity contribution in [1.82, 2.24) is 10.2 Å². The minimum Gasteiger partial charge on any atom is -0.342 e. The van der Waals surface area contributed by atoms with Gasteiger partial charge in [0.25, 0.3) is 0 Å². The first kappa shape index (κ1) is 14.0. The van der Waals surface area contributed by atoms with Crippen LogP contribution >= 0.6 is 11.8 Å². The van der Waals surface area contributed by atoms with Gasteiger partial charge in [-0.05, 0) is 49.5 Å². The van der Waals surface area contributed by atoms with Crippen molar-refractivity contribution >= 4 is 17.7 Å². The Morgan fingerprint density at radius 1 is 1.22 bits per heavy atom. The number of hydrogen-bond acceptors (Lipinski definition) is 3. The number of halogens is 3. The van der Waals surface area contributed by atoms with Crippen molar-refractivity contribution in [3.63, 3.8) is 0 Å². The van der Waals surface area contributed by atoms with Crippen LogP contribution in [0.25, 0.3) is 0 Å². The number of nitrogens with one attached hydrogen (secondary N) is 1. The molecule has 1 amide bonds. The molecule has 2 rings (SSSR count). The predicted molar refractivity (Wildman–Crippen MR) is 64.2 cm³/mol. The molecule has 2 saturated heterocycles. The predicted octanol–water partition coefficient (Wildman–Crippen LogP) is 1.70. The zero-order valence-electron chi connectivity index (χ0n) is 10.0. The van der Waals surface area contributed by atoms with Crippen molar-refractivity contribution in [1.29, 1.82) is 0 Å². The van der Waals surface area contributed by atoms with E-state index in [1.165, 1.54) is 0 Å². The number of rotatable bonds is 2. The maximum Gasteiger partial charge on any atom is 0.442 e. The smallest absolute Gasteiger partial charge is 0.342 e. The van der Waals surface area contributed by atoms with Crippen LogP contribution in [0.2, 0.25) is 0 Å². The lowest BCUT2D eigenvalue weighted by Gasteiger charge is -2.21. The summed E-state index contributed by atoms with van der Waals surface area (Å²) in [6, 6.07) is 0. The van der Waals surface area contributed by atoms with Crippen molar-refractivity contribution in [3.05, 3.63) is 0 Å². The van der Waals surface area contributed by atoms with Crippen LogP contribution in [0.3, 0.4) is 0 Å². The number of carbonyl (C=O) groups is 1. The monoisotopic (exact) mass is 282 g/mol. The van der Waals surface area contributed by atoms with E-state index in [0.717, 1.165) is 25.9 Å². The van der Waals surface area contributed by atoms with Crippen LogP contribution in [0.4, 0.5) is 13.2 Å². The molecule has 3 nitrogen and oxygen atoms in total. The lowest BCUT2D eigenvalue weighted by atomic mass is 9.92. The maximum absolute atomic E-state index is 12.0.